The lowest BCUT2D eigenvalue weighted by Crippen LogP contribution is -2.21. The number of ether oxygens (including phenoxy) is 2. The minimum absolute atomic E-state index is 0.102. The second kappa shape index (κ2) is 12.4. The molecule has 212 valence electrons. The Morgan fingerprint density at radius 2 is 1.90 bits per heavy atom. The molecule has 3 aromatic rings. The first-order valence-corrected chi connectivity index (χ1v) is 14.1. The van der Waals surface area contributed by atoms with Gasteiger partial charge in [-0.15, -0.1) is 0 Å². The number of methoxy groups -OCH3 is 1. The van der Waals surface area contributed by atoms with Gasteiger partial charge in [0.25, 0.3) is 0 Å². The van der Waals surface area contributed by atoms with Crippen molar-refractivity contribution in [1.29, 1.82) is 0 Å². The molecule has 2 aromatic carbocycles. The van der Waals surface area contributed by atoms with E-state index in [1.54, 1.807) is 50.5 Å². The lowest BCUT2D eigenvalue weighted by atomic mass is 9.97. The summed E-state index contributed by atoms with van der Waals surface area (Å²) in [5.41, 5.74) is 2.26. The van der Waals surface area contributed by atoms with Crippen LogP contribution in [0.3, 0.4) is 0 Å². The maximum absolute atomic E-state index is 11.5. The van der Waals surface area contributed by atoms with Gasteiger partial charge in [-0.05, 0) is 74.8 Å². The highest BCUT2D eigenvalue weighted by atomic mass is 35.5. The number of hydrogen-bond acceptors (Lipinski definition) is 5. The van der Waals surface area contributed by atoms with Crippen LogP contribution in [0, 0.1) is 11.8 Å². The largest absolute Gasteiger partial charge is 0.489 e. The molecule has 1 saturated carbocycles. The van der Waals surface area contributed by atoms with Crippen LogP contribution >= 0.6 is 34.8 Å². The number of aliphatic carboxylic acids is 1. The Hall–Kier alpha value is -2.77. The van der Waals surface area contributed by atoms with Gasteiger partial charge in [-0.3, -0.25) is 0 Å². The van der Waals surface area contributed by atoms with Crippen molar-refractivity contribution in [3.05, 3.63) is 92.2 Å². The number of carboxylic acid groups (broad SMARTS) is 1. The van der Waals surface area contributed by atoms with Crippen LogP contribution in [0.15, 0.2) is 64.7 Å². The van der Waals surface area contributed by atoms with E-state index in [0.29, 0.717) is 54.9 Å². The van der Waals surface area contributed by atoms with E-state index in [2.05, 4.69) is 5.16 Å². The van der Waals surface area contributed by atoms with Crippen LogP contribution in [0.1, 0.15) is 56.9 Å². The summed E-state index contributed by atoms with van der Waals surface area (Å²) in [5, 5.41) is 15.2. The minimum atomic E-state index is -0.925. The zero-order valence-corrected chi connectivity index (χ0v) is 25.3. The van der Waals surface area contributed by atoms with E-state index in [1.165, 1.54) is 0 Å². The van der Waals surface area contributed by atoms with Gasteiger partial charge in [-0.2, -0.15) is 0 Å². The Bertz CT molecular complexity index is 1440. The smallest absolute Gasteiger partial charge is 0.335 e. The molecule has 1 aliphatic rings. The second-order valence-corrected chi connectivity index (χ2v) is 11.6. The van der Waals surface area contributed by atoms with E-state index in [0.717, 1.165) is 12.0 Å². The van der Waals surface area contributed by atoms with Crippen molar-refractivity contribution in [2.24, 2.45) is 11.8 Å². The van der Waals surface area contributed by atoms with Crippen LogP contribution in [0.5, 0.6) is 5.75 Å². The van der Waals surface area contributed by atoms with Crippen LogP contribution in [-0.4, -0.2) is 23.3 Å². The third kappa shape index (κ3) is 6.41. The number of aromatic nitrogens is 1. The monoisotopic (exact) mass is 603 g/mol. The molecule has 3 unspecified atom stereocenters. The molecule has 6 nitrogen and oxygen atoms in total. The molecule has 0 bridgehead atoms. The van der Waals surface area contributed by atoms with Crippen LogP contribution in [0.2, 0.25) is 15.1 Å². The van der Waals surface area contributed by atoms with E-state index in [4.69, 9.17) is 48.8 Å². The molecule has 3 atom stereocenters. The minimum Gasteiger partial charge on any atom is -0.489 e. The van der Waals surface area contributed by atoms with Gasteiger partial charge in [0.15, 0.2) is 5.76 Å². The van der Waals surface area contributed by atoms with Crippen LogP contribution in [-0.2, 0) is 21.7 Å². The molecular weight excluding hydrogens is 573 g/mol. The number of nitrogens with zero attached hydrogens (tertiary/aromatic N) is 1. The van der Waals surface area contributed by atoms with E-state index < -0.39 is 11.6 Å². The van der Waals surface area contributed by atoms with E-state index in [1.807, 2.05) is 39.0 Å². The number of hydrogen-bond donors (Lipinski definition) is 1. The summed E-state index contributed by atoms with van der Waals surface area (Å²) in [4.78, 5) is 11.5. The van der Waals surface area contributed by atoms with Gasteiger partial charge in [0.05, 0.1) is 21.2 Å². The van der Waals surface area contributed by atoms with E-state index in [-0.39, 0.29) is 18.4 Å². The molecule has 0 saturated heterocycles. The third-order valence-electron chi connectivity index (χ3n) is 7.35. The molecule has 0 amide bonds. The highest BCUT2D eigenvalue weighted by Crippen LogP contribution is 2.54. The van der Waals surface area contributed by atoms with Gasteiger partial charge in [0, 0.05) is 17.7 Å². The van der Waals surface area contributed by atoms with Gasteiger partial charge in [0.2, 0.25) is 0 Å². The Kier molecular flexibility index (Phi) is 9.36. The Labute approximate surface area is 249 Å². The summed E-state index contributed by atoms with van der Waals surface area (Å²) in [6.45, 7) is 7.72. The van der Waals surface area contributed by atoms with Crippen molar-refractivity contribution in [3.8, 4) is 17.0 Å². The molecule has 1 aliphatic carbocycles. The lowest BCUT2D eigenvalue weighted by Gasteiger charge is -2.21. The van der Waals surface area contributed by atoms with Gasteiger partial charge in [-0.1, -0.05) is 77.2 Å². The summed E-state index contributed by atoms with van der Waals surface area (Å²) < 4.78 is 17.6. The summed E-state index contributed by atoms with van der Waals surface area (Å²) in [6.07, 6.45) is 6.12. The summed E-state index contributed by atoms with van der Waals surface area (Å²) >= 11 is 19.7. The Balaban J connectivity index is 1.55. The number of rotatable bonds is 11. The molecular formula is C31H32Cl3NO5. The quantitative estimate of drug-likeness (QED) is 0.174. The van der Waals surface area contributed by atoms with E-state index >= 15 is 0 Å². The van der Waals surface area contributed by atoms with Gasteiger partial charge in [-0.25, -0.2) is 4.79 Å². The highest BCUT2D eigenvalue weighted by molar-refractivity contribution is 6.39. The number of allylic oxidation sites excluding steroid dienone is 2. The van der Waals surface area contributed by atoms with Crippen molar-refractivity contribution in [3.63, 3.8) is 0 Å². The van der Waals surface area contributed by atoms with Crippen LogP contribution in [0.4, 0.5) is 0 Å². The molecule has 0 aliphatic heterocycles. The number of halogens is 3. The molecule has 9 heteroatoms. The molecule has 0 radical (unpaired) electrons. The molecule has 1 N–H and O–H groups in total. The second-order valence-electron chi connectivity index (χ2n) is 10.4. The number of carboxylic acids is 1. The van der Waals surface area contributed by atoms with Crippen molar-refractivity contribution < 1.29 is 23.9 Å². The van der Waals surface area contributed by atoms with Crippen molar-refractivity contribution in [2.45, 2.75) is 52.2 Å². The zero-order chi connectivity index (χ0) is 29.2. The summed E-state index contributed by atoms with van der Waals surface area (Å²) in [6, 6.07) is 10.9. The zero-order valence-electron chi connectivity index (χ0n) is 23.0. The van der Waals surface area contributed by atoms with Crippen molar-refractivity contribution in [2.75, 3.05) is 7.11 Å². The number of benzene rings is 2. The predicted molar refractivity (Wildman–Crippen MR) is 158 cm³/mol. The Morgan fingerprint density at radius 3 is 2.50 bits per heavy atom. The fourth-order valence-electron chi connectivity index (χ4n) is 4.92. The van der Waals surface area contributed by atoms with Crippen molar-refractivity contribution >= 4 is 40.8 Å². The molecule has 40 heavy (non-hydrogen) atoms. The summed E-state index contributed by atoms with van der Waals surface area (Å²) in [7, 11) is 1.60. The van der Waals surface area contributed by atoms with Gasteiger partial charge in [0.1, 0.15) is 23.7 Å². The first-order chi connectivity index (χ1) is 19.0. The average molecular weight is 605 g/mol. The third-order valence-corrected chi connectivity index (χ3v) is 8.31. The van der Waals surface area contributed by atoms with Gasteiger partial charge >= 0.3 is 5.97 Å². The molecule has 1 fully saturated rings. The predicted octanol–water partition coefficient (Wildman–Crippen LogP) is 9.09. The highest BCUT2D eigenvalue weighted by Gasteiger charge is 2.42. The van der Waals surface area contributed by atoms with Crippen molar-refractivity contribution in [1.82, 2.24) is 5.16 Å². The molecule has 1 heterocycles. The molecule has 4 rings (SSSR count). The lowest BCUT2D eigenvalue weighted by molar-refractivity contribution is -0.132. The molecule has 0 spiro atoms. The summed E-state index contributed by atoms with van der Waals surface area (Å²) in [5.74, 6) is 0.846. The first-order valence-electron chi connectivity index (χ1n) is 13.0. The normalized spacial score (nSPS) is 18.2. The topological polar surface area (TPSA) is 81.8 Å². The Morgan fingerprint density at radius 1 is 1.20 bits per heavy atom. The SMILES string of the molecule is C/C=C\C(=C/C(C)C1CC1c1ccc(OCc2c(-c3c(Cl)cccc3Cl)noc2C(C)(C)OC)cc1Cl)C(=O)O. The standard InChI is InChI=1S/C31H32Cl3NO5/c1-6-8-18(30(36)37)13-17(2)21-15-22(21)20-12-11-19(14-26(20)34)39-16-23-28(27-24(32)9-7-10-25(27)33)35-40-29(23)31(3,4)38-5/h6-14,17,21-22H,15-16H2,1-5H3,(H,36,37)/b8-6-,18-13+. The molecule has 1 aromatic heterocycles. The van der Waals surface area contributed by atoms with Crippen LogP contribution in [0.25, 0.3) is 11.3 Å². The fraction of sp³-hybridized carbons (Fsp3) is 0.355. The number of carbonyl (C=O) groups is 1. The van der Waals surface area contributed by atoms with E-state index in [9.17, 15) is 9.90 Å². The average Bonchev–Trinajstić information content (AvgIpc) is 3.59. The maximum Gasteiger partial charge on any atom is 0.335 e. The van der Waals surface area contributed by atoms with Crippen LogP contribution < -0.4 is 4.74 Å². The maximum atomic E-state index is 11.5. The fourth-order valence-corrected chi connectivity index (χ4v) is 5.81. The first kappa shape index (κ1) is 30.2. The van der Waals surface area contributed by atoms with Gasteiger partial charge < -0.3 is 19.1 Å².